The first kappa shape index (κ1) is 4.41. The molecular formula is C6H4N3+. The van der Waals surface area contributed by atoms with Crippen molar-refractivity contribution in [3.8, 4) is 0 Å². The Bertz CT molecular complexity index is 270. The van der Waals surface area contributed by atoms with Gasteiger partial charge in [0, 0.05) is 11.1 Å². The van der Waals surface area contributed by atoms with Crippen LogP contribution in [0.25, 0.3) is 6.20 Å². The molecule has 0 unspecified atom stereocenters. The van der Waals surface area contributed by atoms with Crippen molar-refractivity contribution in [1.29, 1.82) is 0 Å². The lowest BCUT2D eigenvalue weighted by Gasteiger charge is -1.81. The summed E-state index contributed by atoms with van der Waals surface area (Å²) in [6.07, 6.45) is 3.40. The maximum absolute atomic E-state index is 3.96. The van der Waals surface area contributed by atoms with E-state index in [0.717, 1.165) is 5.82 Å². The summed E-state index contributed by atoms with van der Waals surface area (Å²) in [5.74, 6) is 3.52. The maximum atomic E-state index is 3.96. The third-order valence-corrected chi connectivity index (χ3v) is 1.12. The van der Waals surface area contributed by atoms with Gasteiger partial charge in [0.15, 0.2) is 5.87 Å². The second-order valence-corrected chi connectivity index (χ2v) is 1.70. The number of nitrogens with zero attached hydrogens (tertiary/aromatic N) is 3. The Balaban J connectivity index is 2.72. The van der Waals surface area contributed by atoms with Crippen molar-refractivity contribution in [2.24, 2.45) is 4.99 Å². The van der Waals surface area contributed by atoms with Crippen molar-refractivity contribution in [3.05, 3.63) is 18.3 Å². The number of hydrogen-bond donors (Lipinski definition) is 0. The molecule has 0 saturated carbocycles. The molecule has 42 valence electrons. The van der Waals surface area contributed by atoms with Gasteiger partial charge in [0.25, 0.3) is 0 Å². The molecule has 1 aliphatic heterocycles. The molecule has 9 heavy (non-hydrogen) atoms. The number of aromatic nitrogens is 2. The SMILES string of the molecule is C1=C[n+]2ncccc2N=1. The van der Waals surface area contributed by atoms with E-state index < -0.39 is 0 Å². The average Bonchev–Trinajstić information content (AvgIpc) is 2.33. The average molecular weight is 118 g/mol. The summed E-state index contributed by atoms with van der Waals surface area (Å²) in [6, 6.07) is 3.72. The summed E-state index contributed by atoms with van der Waals surface area (Å²) in [5.41, 5.74) is 0. The molecular weight excluding hydrogens is 114 g/mol. The van der Waals surface area contributed by atoms with E-state index in [1.165, 1.54) is 0 Å². The molecule has 0 bridgehead atoms. The van der Waals surface area contributed by atoms with Gasteiger partial charge in [-0.15, -0.1) is 0 Å². The van der Waals surface area contributed by atoms with E-state index in [2.05, 4.69) is 16.0 Å². The molecule has 0 fully saturated rings. The Labute approximate surface area is 52.0 Å². The molecule has 0 aliphatic carbocycles. The van der Waals surface area contributed by atoms with Crippen LogP contribution in [0.1, 0.15) is 0 Å². The number of aliphatic imine (C=N–C) groups is 1. The standard InChI is InChI=1S/C6H4N3/c1-2-6-7-4-5-9(6)8-3-1/h1-3,5H/q+1. The molecule has 0 radical (unpaired) electrons. The minimum atomic E-state index is 0.831. The van der Waals surface area contributed by atoms with Gasteiger partial charge in [-0.3, -0.25) is 0 Å². The smallest absolute Gasteiger partial charge is 0.0891 e. The molecule has 0 aromatic carbocycles. The van der Waals surface area contributed by atoms with Crippen LogP contribution in [0, 0.1) is 0 Å². The van der Waals surface area contributed by atoms with Crippen LogP contribution in [0.4, 0.5) is 5.82 Å². The van der Waals surface area contributed by atoms with Crippen molar-refractivity contribution in [3.63, 3.8) is 0 Å². The van der Waals surface area contributed by atoms with Gasteiger partial charge in [-0.1, -0.05) is 9.78 Å². The highest BCUT2D eigenvalue weighted by atomic mass is 15.3. The van der Waals surface area contributed by atoms with E-state index in [1.54, 1.807) is 17.1 Å². The van der Waals surface area contributed by atoms with Gasteiger partial charge in [0.2, 0.25) is 6.20 Å². The Morgan fingerprint density at radius 3 is 3.44 bits per heavy atom. The van der Waals surface area contributed by atoms with Gasteiger partial charge in [-0.25, -0.2) is 0 Å². The molecule has 0 spiro atoms. The Hall–Kier alpha value is -1.47. The summed E-state index contributed by atoms with van der Waals surface area (Å²) in [6.45, 7) is 0. The zero-order valence-corrected chi connectivity index (χ0v) is 4.65. The van der Waals surface area contributed by atoms with Crippen molar-refractivity contribution in [2.45, 2.75) is 0 Å². The highest BCUT2D eigenvalue weighted by Crippen LogP contribution is 2.02. The second-order valence-electron chi connectivity index (χ2n) is 1.70. The molecule has 0 amide bonds. The van der Waals surface area contributed by atoms with E-state index in [-0.39, 0.29) is 0 Å². The Morgan fingerprint density at radius 1 is 1.56 bits per heavy atom. The van der Waals surface area contributed by atoms with Crippen LogP contribution in [-0.2, 0) is 0 Å². The molecule has 1 aliphatic rings. The number of rotatable bonds is 0. The van der Waals surface area contributed by atoms with Crippen LogP contribution >= 0.6 is 0 Å². The van der Waals surface area contributed by atoms with Gasteiger partial charge in [0.1, 0.15) is 0 Å². The minimum absolute atomic E-state index is 0.831. The lowest BCUT2D eigenvalue weighted by Crippen LogP contribution is -2.28. The second kappa shape index (κ2) is 1.50. The fraction of sp³-hybridized carbons (Fsp3) is 0. The van der Waals surface area contributed by atoms with Crippen LogP contribution in [0.5, 0.6) is 0 Å². The minimum Gasteiger partial charge on any atom is -0.0891 e. The maximum Gasteiger partial charge on any atom is 0.359 e. The van der Waals surface area contributed by atoms with E-state index in [4.69, 9.17) is 0 Å². The molecule has 2 rings (SSSR count). The van der Waals surface area contributed by atoms with Gasteiger partial charge in [-0.05, 0) is 6.07 Å². The predicted molar refractivity (Wildman–Crippen MR) is 32.3 cm³/mol. The summed E-state index contributed by atoms with van der Waals surface area (Å²) < 4.78 is 1.67. The normalized spacial score (nSPS) is 12.0. The Morgan fingerprint density at radius 2 is 2.56 bits per heavy atom. The summed E-state index contributed by atoms with van der Waals surface area (Å²) in [4.78, 5) is 3.89. The number of hydrogen-bond acceptors (Lipinski definition) is 2. The van der Waals surface area contributed by atoms with Crippen LogP contribution in [0.3, 0.4) is 0 Å². The van der Waals surface area contributed by atoms with Gasteiger partial charge < -0.3 is 0 Å². The third-order valence-electron chi connectivity index (χ3n) is 1.12. The van der Waals surface area contributed by atoms with Gasteiger partial charge in [-0.2, -0.15) is 0 Å². The summed E-state index contributed by atoms with van der Waals surface area (Å²) in [7, 11) is 0. The predicted octanol–water partition coefficient (Wildman–Crippen LogP) is 0.155. The highest BCUT2D eigenvalue weighted by Gasteiger charge is 2.09. The summed E-state index contributed by atoms with van der Waals surface area (Å²) in [5, 5.41) is 3.96. The van der Waals surface area contributed by atoms with Crippen LogP contribution in [0.2, 0.25) is 0 Å². The monoisotopic (exact) mass is 118 g/mol. The molecule has 0 saturated heterocycles. The first-order valence-corrected chi connectivity index (χ1v) is 2.63. The highest BCUT2D eigenvalue weighted by molar-refractivity contribution is 5.69. The lowest BCUT2D eigenvalue weighted by atomic mass is 10.5. The summed E-state index contributed by atoms with van der Waals surface area (Å²) >= 11 is 0. The molecule has 3 heteroatoms. The van der Waals surface area contributed by atoms with E-state index >= 15 is 0 Å². The van der Waals surface area contributed by atoms with Crippen molar-refractivity contribution in [2.75, 3.05) is 0 Å². The first-order chi connectivity index (χ1) is 4.47. The molecule has 3 nitrogen and oxygen atoms in total. The van der Waals surface area contributed by atoms with Gasteiger partial charge >= 0.3 is 5.82 Å². The van der Waals surface area contributed by atoms with E-state index in [1.807, 2.05) is 12.1 Å². The van der Waals surface area contributed by atoms with Crippen molar-refractivity contribution >= 4 is 17.9 Å². The fourth-order valence-electron chi connectivity index (χ4n) is 0.713. The van der Waals surface area contributed by atoms with Crippen LogP contribution in [-0.4, -0.2) is 11.0 Å². The lowest BCUT2D eigenvalue weighted by molar-refractivity contribution is -0.617. The van der Waals surface area contributed by atoms with E-state index in [0.29, 0.717) is 0 Å². The first-order valence-electron chi connectivity index (χ1n) is 2.63. The van der Waals surface area contributed by atoms with E-state index in [9.17, 15) is 0 Å². The molecule has 0 atom stereocenters. The largest absolute Gasteiger partial charge is 0.359 e. The van der Waals surface area contributed by atoms with Crippen LogP contribution in [0.15, 0.2) is 23.3 Å². The topological polar surface area (TPSA) is 29.1 Å². The third kappa shape index (κ3) is 0.556. The molecule has 0 N–H and O–H groups in total. The van der Waals surface area contributed by atoms with Gasteiger partial charge in [0.05, 0.1) is 6.20 Å². The molecule has 1 aromatic heterocycles. The quantitative estimate of drug-likeness (QED) is 0.453. The zero-order chi connectivity index (χ0) is 6.10. The van der Waals surface area contributed by atoms with Crippen molar-refractivity contribution in [1.82, 2.24) is 5.10 Å². The fourth-order valence-corrected chi connectivity index (χ4v) is 0.713. The molecule has 2 heterocycles. The molecule has 1 aromatic rings. The van der Waals surface area contributed by atoms with Crippen molar-refractivity contribution < 1.29 is 4.68 Å². The number of fused-ring (bicyclic) bond motifs is 1. The van der Waals surface area contributed by atoms with Crippen LogP contribution < -0.4 is 4.68 Å². The Kier molecular flexibility index (Phi) is 0.737. The zero-order valence-electron chi connectivity index (χ0n) is 4.65.